The first-order chi connectivity index (χ1) is 8.76. The van der Waals surface area contributed by atoms with Crippen molar-refractivity contribution in [2.75, 3.05) is 20.3 Å². The number of methoxy groups -OCH3 is 1. The third-order valence-electron chi connectivity index (χ3n) is 3.15. The smallest absolute Gasteiger partial charge is 0.315 e. The second-order valence-corrected chi connectivity index (χ2v) is 4.24. The third-order valence-corrected chi connectivity index (χ3v) is 3.15. The molecule has 0 radical (unpaired) electrons. The summed E-state index contributed by atoms with van der Waals surface area (Å²) in [5.41, 5.74) is 2.29. The van der Waals surface area contributed by atoms with E-state index in [1.54, 1.807) is 7.11 Å². The van der Waals surface area contributed by atoms with Gasteiger partial charge in [0, 0.05) is 6.54 Å². The normalized spacial score (nSPS) is 17.1. The molecule has 0 aliphatic heterocycles. The maximum atomic E-state index is 11.6. The Hall–Kier alpha value is -1.75. The number of fused-ring (bicyclic) bond motifs is 1. The summed E-state index contributed by atoms with van der Waals surface area (Å²) in [6, 6.07) is 5.66. The van der Waals surface area contributed by atoms with E-state index in [9.17, 15) is 4.79 Å². The second-order valence-electron chi connectivity index (χ2n) is 4.24. The molecule has 98 valence electrons. The molecule has 0 heterocycles. The summed E-state index contributed by atoms with van der Waals surface area (Å²) in [6.45, 7) is 0.214. The number of benzene rings is 1. The number of carbonyl (C=O) groups is 1. The van der Waals surface area contributed by atoms with Gasteiger partial charge in [-0.2, -0.15) is 0 Å². The molecule has 1 aliphatic carbocycles. The Morgan fingerprint density at radius 2 is 2.39 bits per heavy atom. The predicted molar refractivity (Wildman–Crippen MR) is 67.7 cm³/mol. The van der Waals surface area contributed by atoms with Gasteiger partial charge >= 0.3 is 6.03 Å². The van der Waals surface area contributed by atoms with Crippen molar-refractivity contribution in [3.63, 3.8) is 0 Å². The van der Waals surface area contributed by atoms with E-state index in [2.05, 4.69) is 10.6 Å². The topological polar surface area (TPSA) is 70.6 Å². The highest BCUT2D eigenvalue weighted by atomic mass is 16.5. The van der Waals surface area contributed by atoms with Crippen molar-refractivity contribution in [2.45, 2.75) is 18.9 Å². The van der Waals surface area contributed by atoms with Crippen LogP contribution in [0.1, 0.15) is 23.6 Å². The van der Waals surface area contributed by atoms with Gasteiger partial charge in [0.15, 0.2) is 0 Å². The van der Waals surface area contributed by atoms with Crippen LogP contribution in [0.3, 0.4) is 0 Å². The quantitative estimate of drug-likeness (QED) is 0.746. The van der Waals surface area contributed by atoms with Gasteiger partial charge in [-0.25, -0.2) is 4.79 Å². The minimum Gasteiger partial charge on any atom is -0.496 e. The molecular formula is C13H18N2O3. The van der Waals surface area contributed by atoms with Crippen molar-refractivity contribution >= 4 is 6.03 Å². The van der Waals surface area contributed by atoms with Crippen molar-refractivity contribution in [1.82, 2.24) is 10.6 Å². The van der Waals surface area contributed by atoms with E-state index in [0.717, 1.165) is 24.2 Å². The molecule has 3 N–H and O–H groups in total. The van der Waals surface area contributed by atoms with E-state index >= 15 is 0 Å². The van der Waals surface area contributed by atoms with Gasteiger partial charge < -0.3 is 20.5 Å². The number of urea groups is 1. The van der Waals surface area contributed by atoms with E-state index in [0.29, 0.717) is 0 Å². The fourth-order valence-corrected chi connectivity index (χ4v) is 2.34. The van der Waals surface area contributed by atoms with E-state index < -0.39 is 0 Å². The van der Waals surface area contributed by atoms with Crippen molar-refractivity contribution in [3.8, 4) is 5.75 Å². The van der Waals surface area contributed by atoms with Crippen molar-refractivity contribution in [1.29, 1.82) is 0 Å². The monoisotopic (exact) mass is 250 g/mol. The zero-order chi connectivity index (χ0) is 13.0. The number of aliphatic hydroxyl groups excluding tert-OH is 1. The number of carbonyl (C=O) groups excluding carboxylic acids is 1. The van der Waals surface area contributed by atoms with Crippen molar-refractivity contribution < 1.29 is 14.6 Å². The molecule has 0 aromatic heterocycles. The number of rotatable bonds is 4. The Morgan fingerprint density at radius 1 is 1.56 bits per heavy atom. The van der Waals surface area contributed by atoms with Gasteiger partial charge in [0.1, 0.15) is 5.75 Å². The third kappa shape index (κ3) is 2.56. The summed E-state index contributed by atoms with van der Waals surface area (Å²) in [4.78, 5) is 11.6. The van der Waals surface area contributed by atoms with Gasteiger partial charge in [-0.3, -0.25) is 0 Å². The summed E-state index contributed by atoms with van der Waals surface area (Å²) >= 11 is 0. The summed E-state index contributed by atoms with van der Waals surface area (Å²) < 4.78 is 5.31. The van der Waals surface area contributed by atoms with Gasteiger partial charge in [0.25, 0.3) is 0 Å². The van der Waals surface area contributed by atoms with Crippen LogP contribution in [-0.4, -0.2) is 31.4 Å². The maximum Gasteiger partial charge on any atom is 0.315 e. The first-order valence-electron chi connectivity index (χ1n) is 6.07. The summed E-state index contributed by atoms with van der Waals surface area (Å²) in [5.74, 6) is 0.882. The Morgan fingerprint density at radius 3 is 3.11 bits per heavy atom. The van der Waals surface area contributed by atoms with Gasteiger partial charge in [-0.15, -0.1) is 0 Å². The van der Waals surface area contributed by atoms with E-state index in [1.165, 1.54) is 5.56 Å². The van der Waals surface area contributed by atoms with Crippen LogP contribution in [0.4, 0.5) is 4.79 Å². The predicted octanol–water partition coefficient (Wildman–Crippen LogP) is 0.974. The Bertz CT molecular complexity index is 434. The summed E-state index contributed by atoms with van der Waals surface area (Å²) in [5, 5.41) is 14.1. The largest absolute Gasteiger partial charge is 0.496 e. The molecular weight excluding hydrogens is 232 g/mol. The molecule has 0 spiro atoms. The summed E-state index contributed by atoms with van der Waals surface area (Å²) in [6.07, 6.45) is 1.78. The molecule has 1 atom stereocenters. The van der Waals surface area contributed by atoms with Crippen molar-refractivity contribution in [2.24, 2.45) is 0 Å². The molecule has 1 aliphatic rings. The SMILES string of the molecule is COc1cccc2c1CCC2NC(=O)NCCO. The van der Waals surface area contributed by atoms with E-state index in [-0.39, 0.29) is 25.2 Å². The fourth-order valence-electron chi connectivity index (χ4n) is 2.34. The lowest BCUT2D eigenvalue weighted by Crippen LogP contribution is -2.38. The molecule has 5 heteroatoms. The van der Waals surface area contributed by atoms with Gasteiger partial charge in [0.2, 0.25) is 0 Å². The second kappa shape index (κ2) is 5.73. The molecule has 1 aromatic rings. The Kier molecular flexibility index (Phi) is 4.04. The van der Waals surface area contributed by atoms with Crippen LogP contribution in [0.25, 0.3) is 0 Å². The van der Waals surface area contributed by atoms with Crippen LogP contribution in [0.15, 0.2) is 18.2 Å². The molecule has 18 heavy (non-hydrogen) atoms. The highest BCUT2D eigenvalue weighted by Gasteiger charge is 2.26. The molecule has 0 saturated carbocycles. The average Bonchev–Trinajstić information content (AvgIpc) is 2.79. The summed E-state index contributed by atoms with van der Waals surface area (Å²) in [7, 11) is 1.66. The zero-order valence-corrected chi connectivity index (χ0v) is 10.4. The van der Waals surface area contributed by atoms with Crippen LogP contribution < -0.4 is 15.4 Å². The van der Waals surface area contributed by atoms with Crippen LogP contribution in [0, 0.1) is 0 Å². The molecule has 2 rings (SSSR count). The number of ether oxygens (including phenoxy) is 1. The lowest BCUT2D eigenvalue weighted by molar-refractivity contribution is 0.230. The molecule has 0 saturated heterocycles. The van der Waals surface area contributed by atoms with Gasteiger partial charge in [-0.1, -0.05) is 12.1 Å². The van der Waals surface area contributed by atoms with Crippen LogP contribution >= 0.6 is 0 Å². The minimum absolute atomic E-state index is 0.0220. The Balaban J connectivity index is 2.05. The number of amides is 2. The van der Waals surface area contributed by atoms with Crippen molar-refractivity contribution in [3.05, 3.63) is 29.3 Å². The first-order valence-corrected chi connectivity index (χ1v) is 6.07. The van der Waals surface area contributed by atoms with E-state index in [1.807, 2.05) is 18.2 Å². The highest BCUT2D eigenvalue weighted by molar-refractivity contribution is 5.74. The number of hydrogen-bond donors (Lipinski definition) is 3. The number of hydrogen-bond acceptors (Lipinski definition) is 3. The fraction of sp³-hybridized carbons (Fsp3) is 0.462. The molecule has 5 nitrogen and oxygen atoms in total. The molecule has 1 aromatic carbocycles. The van der Waals surface area contributed by atoms with Crippen LogP contribution in [0.2, 0.25) is 0 Å². The minimum atomic E-state index is -0.246. The lowest BCUT2D eigenvalue weighted by atomic mass is 10.1. The maximum absolute atomic E-state index is 11.6. The number of nitrogens with one attached hydrogen (secondary N) is 2. The zero-order valence-electron chi connectivity index (χ0n) is 10.4. The molecule has 2 amide bonds. The number of aliphatic hydroxyl groups is 1. The molecule has 0 fully saturated rings. The van der Waals surface area contributed by atoms with Gasteiger partial charge in [0.05, 0.1) is 19.8 Å². The lowest BCUT2D eigenvalue weighted by Gasteiger charge is -2.15. The van der Waals surface area contributed by atoms with E-state index in [4.69, 9.17) is 9.84 Å². The van der Waals surface area contributed by atoms with Gasteiger partial charge in [-0.05, 0) is 30.0 Å². The molecule has 1 unspecified atom stereocenters. The Labute approximate surface area is 106 Å². The molecule has 0 bridgehead atoms. The first kappa shape index (κ1) is 12.7. The van der Waals surface area contributed by atoms with Crippen LogP contribution in [0.5, 0.6) is 5.75 Å². The standard InChI is InChI=1S/C13H18N2O3/c1-18-12-4-2-3-9-10(12)5-6-11(9)15-13(17)14-7-8-16/h2-4,11,16H,5-8H2,1H3,(H2,14,15,17). The highest BCUT2D eigenvalue weighted by Crippen LogP contribution is 2.36. The van der Waals surface area contributed by atoms with Crippen LogP contribution in [-0.2, 0) is 6.42 Å². The average molecular weight is 250 g/mol.